The minimum atomic E-state index is -0.613. The van der Waals surface area contributed by atoms with E-state index in [0.29, 0.717) is 12.0 Å². The van der Waals surface area contributed by atoms with Crippen LogP contribution in [0.4, 0.5) is 0 Å². The van der Waals surface area contributed by atoms with Gasteiger partial charge in [-0.15, -0.1) is 0 Å². The minimum absolute atomic E-state index is 0.328. The molecule has 1 N–H and O–H groups in total. The number of rotatable bonds is 4. The van der Waals surface area contributed by atoms with Gasteiger partial charge in [0.05, 0.1) is 18.9 Å². The first-order valence-corrected chi connectivity index (χ1v) is 4.95. The van der Waals surface area contributed by atoms with Crippen LogP contribution in [0, 0.1) is 0 Å². The molecule has 0 bridgehead atoms. The first-order valence-electron chi connectivity index (χ1n) is 4.95. The van der Waals surface area contributed by atoms with E-state index in [1.165, 1.54) is 18.0 Å². The Morgan fingerprint density at radius 2 is 2.31 bits per heavy atom. The minimum Gasteiger partial charge on any atom is -0.467 e. The molecule has 0 radical (unpaired) electrons. The van der Waals surface area contributed by atoms with Crippen molar-refractivity contribution in [1.29, 1.82) is 0 Å². The molecule has 1 amide bonds. The van der Waals surface area contributed by atoms with E-state index in [4.69, 9.17) is 0 Å². The van der Waals surface area contributed by atoms with Crippen LogP contribution in [0.5, 0.6) is 0 Å². The number of ether oxygens (including phenoxy) is 1. The van der Waals surface area contributed by atoms with Crippen molar-refractivity contribution in [3.8, 4) is 0 Å². The Kier molecular flexibility index (Phi) is 4.04. The number of carbonyl (C=O) groups excluding carboxylic acids is 2. The number of esters is 1. The first-order chi connectivity index (χ1) is 7.58. The normalized spacial score (nSPS) is 11.9. The number of aryl methyl sites for hydroxylation is 1. The lowest BCUT2D eigenvalue weighted by Gasteiger charge is -2.13. The summed E-state index contributed by atoms with van der Waals surface area (Å²) in [7, 11) is 3.01. The highest BCUT2D eigenvalue weighted by atomic mass is 16.5. The molecule has 1 aromatic heterocycles. The van der Waals surface area contributed by atoms with Gasteiger partial charge in [0.15, 0.2) is 0 Å². The zero-order valence-corrected chi connectivity index (χ0v) is 9.56. The number of nitrogens with zero attached hydrogens (tertiary/aromatic N) is 2. The van der Waals surface area contributed by atoms with E-state index in [1.54, 1.807) is 20.2 Å². The molecule has 16 heavy (non-hydrogen) atoms. The van der Waals surface area contributed by atoms with Gasteiger partial charge in [-0.1, -0.05) is 6.92 Å². The second-order valence-corrected chi connectivity index (χ2v) is 3.36. The maximum absolute atomic E-state index is 11.7. The van der Waals surface area contributed by atoms with Crippen LogP contribution in [0.3, 0.4) is 0 Å². The predicted molar refractivity (Wildman–Crippen MR) is 56.8 cm³/mol. The molecule has 1 atom stereocenters. The lowest BCUT2D eigenvalue weighted by atomic mass is 10.2. The van der Waals surface area contributed by atoms with Crippen molar-refractivity contribution in [1.82, 2.24) is 15.1 Å². The summed E-state index contributed by atoms with van der Waals surface area (Å²) >= 11 is 0. The standard InChI is InChI=1S/C10H15N3O3/c1-4-8(10(15)16-3)12-9(14)7-5-11-13(2)6-7/h5-6,8H,4H2,1-3H3,(H,12,14). The number of amides is 1. The van der Waals surface area contributed by atoms with E-state index < -0.39 is 12.0 Å². The Morgan fingerprint density at radius 3 is 2.75 bits per heavy atom. The summed E-state index contributed by atoms with van der Waals surface area (Å²) in [4.78, 5) is 22.9. The number of carbonyl (C=O) groups is 2. The molecule has 0 spiro atoms. The van der Waals surface area contributed by atoms with Gasteiger partial charge in [0, 0.05) is 13.2 Å². The number of methoxy groups -OCH3 is 1. The number of hydrogen-bond acceptors (Lipinski definition) is 4. The van der Waals surface area contributed by atoms with Crippen molar-refractivity contribution in [3.05, 3.63) is 18.0 Å². The van der Waals surface area contributed by atoms with E-state index in [0.717, 1.165) is 0 Å². The molecule has 6 heteroatoms. The zero-order valence-electron chi connectivity index (χ0n) is 9.56. The van der Waals surface area contributed by atoms with Crippen molar-refractivity contribution in [2.24, 2.45) is 7.05 Å². The third-order valence-corrected chi connectivity index (χ3v) is 2.17. The molecule has 0 aliphatic rings. The monoisotopic (exact) mass is 225 g/mol. The van der Waals surface area contributed by atoms with Gasteiger partial charge in [-0.25, -0.2) is 4.79 Å². The quantitative estimate of drug-likeness (QED) is 0.738. The summed E-state index contributed by atoms with van der Waals surface area (Å²) in [5, 5.41) is 6.46. The average molecular weight is 225 g/mol. The van der Waals surface area contributed by atoms with Crippen molar-refractivity contribution in [3.63, 3.8) is 0 Å². The van der Waals surface area contributed by atoms with Gasteiger partial charge in [0.1, 0.15) is 6.04 Å². The second-order valence-electron chi connectivity index (χ2n) is 3.36. The lowest BCUT2D eigenvalue weighted by Crippen LogP contribution is -2.40. The highest BCUT2D eigenvalue weighted by Gasteiger charge is 2.20. The third kappa shape index (κ3) is 2.82. The molecule has 0 aliphatic carbocycles. The zero-order chi connectivity index (χ0) is 12.1. The molecule has 0 fully saturated rings. The van der Waals surface area contributed by atoms with Crippen LogP contribution < -0.4 is 5.32 Å². The van der Waals surface area contributed by atoms with Gasteiger partial charge in [-0.05, 0) is 6.42 Å². The smallest absolute Gasteiger partial charge is 0.328 e. The fourth-order valence-electron chi connectivity index (χ4n) is 1.25. The Hall–Kier alpha value is -1.85. The summed E-state index contributed by atoms with van der Waals surface area (Å²) in [5.74, 6) is -0.773. The molecule has 6 nitrogen and oxygen atoms in total. The van der Waals surface area contributed by atoms with Crippen LogP contribution >= 0.6 is 0 Å². The van der Waals surface area contributed by atoms with Crippen LogP contribution in [-0.2, 0) is 16.6 Å². The molecule has 0 aliphatic heterocycles. The molecular formula is C10H15N3O3. The fraction of sp³-hybridized carbons (Fsp3) is 0.500. The molecule has 0 saturated heterocycles. The van der Waals surface area contributed by atoms with Crippen molar-refractivity contribution >= 4 is 11.9 Å². The fourth-order valence-corrected chi connectivity index (χ4v) is 1.25. The molecular weight excluding hydrogens is 210 g/mol. The third-order valence-electron chi connectivity index (χ3n) is 2.17. The highest BCUT2D eigenvalue weighted by molar-refractivity contribution is 5.96. The van der Waals surface area contributed by atoms with E-state index in [2.05, 4.69) is 15.2 Å². The van der Waals surface area contributed by atoms with Gasteiger partial charge in [-0.3, -0.25) is 9.48 Å². The highest BCUT2D eigenvalue weighted by Crippen LogP contribution is 2.00. The Morgan fingerprint density at radius 1 is 1.62 bits per heavy atom. The van der Waals surface area contributed by atoms with Gasteiger partial charge < -0.3 is 10.1 Å². The SMILES string of the molecule is CCC(NC(=O)c1cnn(C)c1)C(=O)OC. The summed E-state index contributed by atoms with van der Waals surface area (Å²) in [6.07, 6.45) is 3.51. The Bertz CT molecular complexity index is 386. The van der Waals surface area contributed by atoms with Crippen molar-refractivity contribution in [2.45, 2.75) is 19.4 Å². The lowest BCUT2D eigenvalue weighted by molar-refractivity contribution is -0.142. The molecule has 88 valence electrons. The van der Waals surface area contributed by atoms with E-state index in [1.807, 2.05) is 0 Å². The number of hydrogen-bond donors (Lipinski definition) is 1. The van der Waals surface area contributed by atoms with E-state index >= 15 is 0 Å². The van der Waals surface area contributed by atoms with Crippen molar-refractivity contribution in [2.75, 3.05) is 7.11 Å². The largest absolute Gasteiger partial charge is 0.467 e. The maximum atomic E-state index is 11.7. The van der Waals surface area contributed by atoms with Crippen molar-refractivity contribution < 1.29 is 14.3 Å². The van der Waals surface area contributed by atoms with Crippen LogP contribution in [0.25, 0.3) is 0 Å². The molecule has 1 rings (SSSR count). The topological polar surface area (TPSA) is 73.2 Å². The van der Waals surface area contributed by atoms with Gasteiger partial charge in [0.25, 0.3) is 5.91 Å². The summed E-state index contributed by atoms with van der Waals surface area (Å²) in [5.41, 5.74) is 0.421. The van der Waals surface area contributed by atoms with Gasteiger partial charge in [0.2, 0.25) is 0 Å². The molecule has 1 unspecified atom stereocenters. The molecule has 0 aromatic carbocycles. The molecule has 1 aromatic rings. The average Bonchev–Trinajstić information content (AvgIpc) is 2.71. The van der Waals surface area contributed by atoms with Crippen LogP contribution in [0.2, 0.25) is 0 Å². The van der Waals surface area contributed by atoms with Crippen LogP contribution in [-0.4, -0.2) is 34.8 Å². The van der Waals surface area contributed by atoms with E-state index in [-0.39, 0.29) is 5.91 Å². The molecule has 0 saturated carbocycles. The van der Waals surface area contributed by atoms with Crippen LogP contribution in [0.15, 0.2) is 12.4 Å². The summed E-state index contributed by atoms with van der Waals surface area (Å²) in [6, 6.07) is -0.613. The Labute approximate surface area is 93.6 Å². The number of aromatic nitrogens is 2. The summed E-state index contributed by atoms with van der Waals surface area (Å²) < 4.78 is 6.09. The number of nitrogens with one attached hydrogen (secondary N) is 1. The maximum Gasteiger partial charge on any atom is 0.328 e. The second kappa shape index (κ2) is 5.29. The Balaban J connectivity index is 2.66. The first kappa shape index (κ1) is 12.2. The van der Waals surface area contributed by atoms with E-state index in [9.17, 15) is 9.59 Å². The van der Waals surface area contributed by atoms with Gasteiger partial charge >= 0.3 is 5.97 Å². The van der Waals surface area contributed by atoms with Crippen LogP contribution in [0.1, 0.15) is 23.7 Å². The molecule has 1 heterocycles. The van der Waals surface area contributed by atoms with Gasteiger partial charge in [-0.2, -0.15) is 5.10 Å². The predicted octanol–water partition coefficient (Wildman–Crippen LogP) is 0.101. The summed E-state index contributed by atoms with van der Waals surface area (Å²) in [6.45, 7) is 1.80.